The quantitative estimate of drug-likeness (QED) is 0.693. The number of aromatic nitrogens is 2. The van der Waals surface area contributed by atoms with Crippen LogP contribution in [0.3, 0.4) is 0 Å². The number of amides is 1. The van der Waals surface area contributed by atoms with Crippen molar-refractivity contribution in [2.75, 3.05) is 49.6 Å². The Balaban J connectivity index is 1.46. The average Bonchev–Trinajstić information content (AvgIpc) is 2.73. The molecule has 1 aliphatic heterocycles. The van der Waals surface area contributed by atoms with Crippen molar-refractivity contribution < 1.29 is 9.53 Å². The summed E-state index contributed by atoms with van der Waals surface area (Å²) < 4.78 is 5.38. The van der Waals surface area contributed by atoms with Gasteiger partial charge in [-0.25, -0.2) is 0 Å². The number of ether oxygens (including phenoxy) is 1. The highest BCUT2D eigenvalue weighted by Crippen LogP contribution is 2.19. The first-order valence-corrected chi connectivity index (χ1v) is 9.50. The van der Waals surface area contributed by atoms with Crippen molar-refractivity contribution in [3.8, 4) is 0 Å². The molecule has 7 nitrogen and oxygen atoms in total. The molecule has 1 saturated heterocycles. The molecule has 2 aromatic rings. The highest BCUT2D eigenvalue weighted by molar-refractivity contribution is 5.83. The van der Waals surface area contributed by atoms with E-state index >= 15 is 0 Å². The van der Waals surface area contributed by atoms with Crippen molar-refractivity contribution in [1.29, 1.82) is 0 Å². The fraction of sp³-hybridized carbons (Fsp3) is 0.450. The summed E-state index contributed by atoms with van der Waals surface area (Å²) in [4.78, 5) is 14.7. The first kappa shape index (κ1) is 19.1. The molecule has 1 aliphatic rings. The van der Waals surface area contributed by atoms with Gasteiger partial charge in [0.05, 0.1) is 31.0 Å². The maximum absolute atomic E-state index is 12.5. The number of morpholine rings is 1. The number of nitrogens with one attached hydrogen (secondary N) is 2. The minimum atomic E-state index is -0.115. The summed E-state index contributed by atoms with van der Waals surface area (Å²) in [7, 11) is 0. The Labute approximate surface area is 160 Å². The zero-order chi connectivity index (χ0) is 18.9. The van der Waals surface area contributed by atoms with Gasteiger partial charge in [0.25, 0.3) is 0 Å². The molecule has 1 atom stereocenters. The van der Waals surface area contributed by atoms with Crippen LogP contribution in [0.1, 0.15) is 24.8 Å². The molecule has 144 valence electrons. The standard InChI is InChI=1S/C20H27N5O2/c1-2-18(16-6-4-3-5-7-16)20(26)22-9-8-21-19-14-17(15-23-24-19)25-10-12-27-13-11-25/h3-7,14-15,18H,2,8-13H2,1H3,(H,21,24)(H,22,26). The second-order valence-corrected chi connectivity index (χ2v) is 6.49. The van der Waals surface area contributed by atoms with Crippen LogP contribution in [0, 0.1) is 0 Å². The zero-order valence-electron chi connectivity index (χ0n) is 15.7. The van der Waals surface area contributed by atoms with Crippen LogP contribution in [0.25, 0.3) is 0 Å². The SMILES string of the molecule is CCC(C(=O)NCCNc1cc(N2CCOCC2)cnn1)c1ccccc1. The van der Waals surface area contributed by atoms with Crippen molar-refractivity contribution in [3.63, 3.8) is 0 Å². The molecule has 2 heterocycles. The molecule has 1 aromatic carbocycles. The molecule has 1 amide bonds. The van der Waals surface area contributed by atoms with Crippen LogP contribution < -0.4 is 15.5 Å². The van der Waals surface area contributed by atoms with Crippen molar-refractivity contribution in [1.82, 2.24) is 15.5 Å². The lowest BCUT2D eigenvalue weighted by atomic mass is 9.96. The van der Waals surface area contributed by atoms with Gasteiger partial charge in [0.1, 0.15) is 0 Å². The maximum Gasteiger partial charge on any atom is 0.227 e. The number of anilines is 2. The lowest BCUT2D eigenvalue weighted by Crippen LogP contribution is -2.36. The number of carbonyl (C=O) groups is 1. The van der Waals surface area contributed by atoms with E-state index in [2.05, 4.69) is 25.7 Å². The van der Waals surface area contributed by atoms with Gasteiger partial charge in [-0.3, -0.25) is 4.79 Å². The van der Waals surface area contributed by atoms with E-state index in [1.165, 1.54) is 0 Å². The van der Waals surface area contributed by atoms with Gasteiger partial charge in [-0.05, 0) is 12.0 Å². The molecule has 27 heavy (non-hydrogen) atoms. The van der Waals surface area contributed by atoms with Crippen LogP contribution in [-0.4, -0.2) is 55.5 Å². The first-order chi connectivity index (χ1) is 13.3. The van der Waals surface area contributed by atoms with E-state index in [4.69, 9.17) is 4.74 Å². The summed E-state index contributed by atoms with van der Waals surface area (Å²) in [5.41, 5.74) is 2.09. The first-order valence-electron chi connectivity index (χ1n) is 9.50. The monoisotopic (exact) mass is 369 g/mol. The van der Waals surface area contributed by atoms with Crippen molar-refractivity contribution >= 4 is 17.4 Å². The van der Waals surface area contributed by atoms with E-state index in [1.54, 1.807) is 6.20 Å². The molecule has 3 rings (SSSR count). The fourth-order valence-corrected chi connectivity index (χ4v) is 3.19. The minimum Gasteiger partial charge on any atom is -0.378 e. The van der Waals surface area contributed by atoms with Gasteiger partial charge in [-0.2, -0.15) is 5.10 Å². The molecule has 0 spiro atoms. The van der Waals surface area contributed by atoms with E-state index in [0.717, 1.165) is 44.0 Å². The normalized spacial score (nSPS) is 15.2. The smallest absolute Gasteiger partial charge is 0.227 e. The van der Waals surface area contributed by atoms with E-state index in [-0.39, 0.29) is 11.8 Å². The summed E-state index contributed by atoms with van der Waals surface area (Å²) >= 11 is 0. The lowest BCUT2D eigenvalue weighted by molar-refractivity contribution is -0.122. The van der Waals surface area contributed by atoms with E-state index in [1.807, 2.05) is 43.3 Å². The van der Waals surface area contributed by atoms with Crippen molar-refractivity contribution in [2.24, 2.45) is 0 Å². The Kier molecular flexibility index (Phi) is 6.98. The maximum atomic E-state index is 12.5. The molecule has 7 heteroatoms. The molecule has 1 fully saturated rings. The number of benzene rings is 1. The predicted octanol–water partition coefficient (Wildman–Crippen LogP) is 2.04. The largest absolute Gasteiger partial charge is 0.378 e. The number of nitrogens with zero attached hydrogens (tertiary/aromatic N) is 3. The molecular formula is C20H27N5O2. The molecule has 0 aliphatic carbocycles. The summed E-state index contributed by atoms with van der Waals surface area (Å²) in [5, 5.41) is 14.4. The third-order valence-corrected chi connectivity index (χ3v) is 4.67. The number of hydrogen-bond acceptors (Lipinski definition) is 6. The van der Waals surface area contributed by atoms with Crippen LogP contribution in [0.15, 0.2) is 42.6 Å². The highest BCUT2D eigenvalue weighted by atomic mass is 16.5. The van der Waals surface area contributed by atoms with Gasteiger partial charge >= 0.3 is 0 Å². The van der Waals surface area contributed by atoms with Crippen LogP contribution in [-0.2, 0) is 9.53 Å². The van der Waals surface area contributed by atoms with Gasteiger partial charge in [-0.15, -0.1) is 5.10 Å². The lowest BCUT2D eigenvalue weighted by Gasteiger charge is -2.28. The Hall–Kier alpha value is -2.67. The van der Waals surface area contributed by atoms with Gasteiger partial charge in [0, 0.05) is 32.2 Å². The summed E-state index contributed by atoms with van der Waals surface area (Å²) in [6, 6.07) is 11.9. The Morgan fingerprint density at radius 2 is 2.00 bits per heavy atom. The van der Waals surface area contributed by atoms with E-state index < -0.39 is 0 Å². The Morgan fingerprint density at radius 3 is 2.74 bits per heavy atom. The number of carbonyl (C=O) groups excluding carboxylic acids is 1. The summed E-state index contributed by atoms with van der Waals surface area (Å²) in [6.07, 6.45) is 2.54. The summed E-state index contributed by atoms with van der Waals surface area (Å²) in [6.45, 7) is 6.35. The van der Waals surface area contributed by atoms with Crippen LogP contribution >= 0.6 is 0 Å². The van der Waals surface area contributed by atoms with Gasteiger partial charge < -0.3 is 20.3 Å². The Bertz CT molecular complexity index is 719. The second kappa shape index (κ2) is 9.87. The average molecular weight is 369 g/mol. The van der Waals surface area contributed by atoms with Crippen LogP contribution in [0.2, 0.25) is 0 Å². The topological polar surface area (TPSA) is 79.4 Å². The fourth-order valence-electron chi connectivity index (χ4n) is 3.19. The van der Waals surface area contributed by atoms with Crippen LogP contribution in [0.4, 0.5) is 11.5 Å². The molecule has 1 aromatic heterocycles. The third kappa shape index (κ3) is 5.40. The minimum absolute atomic E-state index is 0.0543. The predicted molar refractivity (Wildman–Crippen MR) is 106 cm³/mol. The summed E-state index contributed by atoms with van der Waals surface area (Å²) in [5.74, 6) is 0.651. The molecule has 0 radical (unpaired) electrons. The number of rotatable bonds is 8. The van der Waals surface area contributed by atoms with Crippen LogP contribution in [0.5, 0.6) is 0 Å². The van der Waals surface area contributed by atoms with Crippen molar-refractivity contribution in [3.05, 3.63) is 48.2 Å². The van der Waals surface area contributed by atoms with E-state index in [0.29, 0.717) is 18.9 Å². The highest BCUT2D eigenvalue weighted by Gasteiger charge is 2.17. The van der Waals surface area contributed by atoms with Gasteiger partial charge in [0.2, 0.25) is 5.91 Å². The molecule has 2 N–H and O–H groups in total. The number of hydrogen-bond donors (Lipinski definition) is 2. The molecule has 0 bridgehead atoms. The molecule has 1 unspecified atom stereocenters. The third-order valence-electron chi connectivity index (χ3n) is 4.67. The zero-order valence-corrected chi connectivity index (χ0v) is 15.7. The molecular weight excluding hydrogens is 342 g/mol. The van der Waals surface area contributed by atoms with Crippen molar-refractivity contribution in [2.45, 2.75) is 19.3 Å². The second-order valence-electron chi connectivity index (χ2n) is 6.49. The Morgan fingerprint density at radius 1 is 1.22 bits per heavy atom. The van der Waals surface area contributed by atoms with Gasteiger partial charge in [0.15, 0.2) is 5.82 Å². The molecule has 0 saturated carbocycles. The van der Waals surface area contributed by atoms with Gasteiger partial charge in [-0.1, -0.05) is 37.3 Å². The van der Waals surface area contributed by atoms with E-state index in [9.17, 15) is 4.79 Å².